The fraction of sp³-hybridized carbons (Fsp3) is 0.474. The Labute approximate surface area is 152 Å². The number of nitrogens with zero attached hydrogens (tertiary/aromatic N) is 4. The molecule has 26 heavy (non-hydrogen) atoms. The van der Waals surface area contributed by atoms with Gasteiger partial charge in [0.1, 0.15) is 5.56 Å². The number of amides is 1. The molecule has 0 bridgehead atoms. The van der Waals surface area contributed by atoms with Crippen molar-refractivity contribution in [2.24, 2.45) is 7.05 Å². The van der Waals surface area contributed by atoms with Gasteiger partial charge in [-0.15, -0.1) is 0 Å². The minimum Gasteiger partial charge on any atom is -0.377 e. The molecular weight excluding hydrogens is 332 g/mol. The fourth-order valence-corrected chi connectivity index (χ4v) is 3.19. The summed E-state index contributed by atoms with van der Waals surface area (Å²) in [4.78, 5) is 35.9. The number of pyridine rings is 1. The molecule has 138 valence electrons. The maximum absolute atomic E-state index is 13.0. The van der Waals surface area contributed by atoms with E-state index in [-0.39, 0.29) is 23.1 Å². The van der Waals surface area contributed by atoms with E-state index in [0.29, 0.717) is 26.2 Å². The second-order valence-corrected chi connectivity index (χ2v) is 6.61. The van der Waals surface area contributed by atoms with Gasteiger partial charge in [0, 0.05) is 31.7 Å². The molecule has 0 aromatic carbocycles. The van der Waals surface area contributed by atoms with E-state index in [1.165, 1.54) is 4.57 Å². The van der Waals surface area contributed by atoms with Crippen molar-refractivity contribution in [2.75, 3.05) is 19.8 Å². The van der Waals surface area contributed by atoms with Gasteiger partial charge in [0.05, 0.1) is 30.6 Å². The molecule has 1 amide bonds. The Morgan fingerprint density at radius 2 is 2.04 bits per heavy atom. The number of hydrogen-bond donors (Lipinski definition) is 0. The zero-order valence-corrected chi connectivity index (χ0v) is 15.4. The van der Waals surface area contributed by atoms with Crippen LogP contribution in [0.25, 0.3) is 0 Å². The maximum Gasteiger partial charge on any atom is 0.263 e. The molecule has 0 spiro atoms. The largest absolute Gasteiger partial charge is 0.377 e. The van der Waals surface area contributed by atoms with E-state index in [9.17, 15) is 9.59 Å². The second-order valence-electron chi connectivity index (χ2n) is 6.61. The molecule has 1 fully saturated rings. The Morgan fingerprint density at radius 1 is 1.27 bits per heavy atom. The van der Waals surface area contributed by atoms with E-state index in [0.717, 1.165) is 23.5 Å². The van der Waals surface area contributed by atoms with Crippen LogP contribution in [0.5, 0.6) is 0 Å². The number of ether oxygens (including phenoxy) is 1. The zero-order chi connectivity index (χ0) is 18.7. The van der Waals surface area contributed by atoms with Crippen LogP contribution < -0.4 is 5.56 Å². The highest BCUT2D eigenvalue weighted by Crippen LogP contribution is 2.16. The van der Waals surface area contributed by atoms with Gasteiger partial charge in [0.2, 0.25) is 0 Å². The molecule has 0 radical (unpaired) electrons. The lowest BCUT2D eigenvalue weighted by atomic mass is 10.0. The first kappa shape index (κ1) is 18.3. The van der Waals surface area contributed by atoms with E-state index in [2.05, 4.69) is 9.97 Å². The van der Waals surface area contributed by atoms with Crippen molar-refractivity contribution in [1.82, 2.24) is 19.4 Å². The van der Waals surface area contributed by atoms with Gasteiger partial charge in [-0.25, -0.2) is 0 Å². The molecule has 0 N–H and O–H groups in total. The summed E-state index contributed by atoms with van der Waals surface area (Å²) >= 11 is 0. The van der Waals surface area contributed by atoms with Crippen molar-refractivity contribution in [3.8, 4) is 0 Å². The van der Waals surface area contributed by atoms with Crippen molar-refractivity contribution < 1.29 is 9.53 Å². The molecule has 1 atom stereocenters. The van der Waals surface area contributed by atoms with Gasteiger partial charge >= 0.3 is 0 Å². The van der Waals surface area contributed by atoms with Crippen molar-refractivity contribution >= 4 is 5.91 Å². The quantitative estimate of drug-likeness (QED) is 0.824. The maximum atomic E-state index is 13.0. The van der Waals surface area contributed by atoms with Crippen molar-refractivity contribution in [1.29, 1.82) is 0 Å². The Balaban J connectivity index is 1.78. The SMILES string of the molecule is Cc1nccnc1CCC1COCCN1C(=O)c1ccc(C)n(C)c1=O. The predicted octanol–water partition coefficient (Wildman–Crippen LogP) is 1.27. The third-order valence-electron chi connectivity index (χ3n) is 4.97. The Kier molecular flexibility index (Phi) is 5.46. The van der Waals surface area contributed by atoms with Crippen LogP contribution in [0.2, 0.25) is 0 Å². The van der Waals surface area contributed by atoms with E-state index in [4.69, 9.17) is 4.74 Å². The van der Waals surface area contributed by atoms with Crippen LogP contribution in [0.3, 0.4) is 0 Å². The number of aromatic nitrogens is 3. The fourth-order valence-electron chi connectivity index (χ4n) is 3.19. The summed E-state index contributed by atoms with van der Waals surface area (Å²) in [6.45, 7) is 5.21. The van der Waals surface area contributed by atoms with Crippen LogP contribution in [-0.4, -0.2) is 51.1 Å². The van der Waals surface area contributed by atoms with Gasteiger partial charge in [-0.2, -0.15) is 0 Å². The Hall–Kier alpha value is -2.54. The lowest BCUT2D eigenvalue weighted by Crippen LogP contribution is -2.50. The molecular formula is C19H24N4O3. The van der Waals surface area contributed by atoms with Gasteiger partial charge in [-0.05, 0) is 38.8 Å². The molecule has 7 heteroatoms. The molecule has 2 aromatic rings. The molecule has 1 unspecified atom stereocenters. The Bertz CT molecular complexity index is 862. The zero-order valence-electron chi connectivity index (χ0n) is 15.4. The molecule has 0 aliphatic carbocycles. The Morgan fingerprint density at radius 3 is 2.81 bits per heavy atom. The number of morpholine rings is 1. The number of hydrogen-bond acceptors (Lipinski definition) is 5. The first-order chi connectivity index (χ1) is 12.5. The minimum absolute atomic E-state index is 0.0799. The monoisotopic (exact) mass is 356 g/mol. The van der Waals surface area contributed by atoms with Crippen molar-refractivity contribution in [3.63, 3.8) is 0 Å². The number of rotatable bonds is 4. The minimum atomic E-state index is -0.259. The van der Waals surface area contributed by atoms with Gasteiger partial charge in [-0.1, -0.05) is 0 Å². The lowest BCUT2D eigenvalue weighted by Gasteiger charge is -2.35. The third kappa shape index (κ3) is 3.67. The summed E-state index contributed by atoms with van der Waals surface area (Å²) < 4.78 is 7.08. The molecule has 7 nitrogen and oxygen atoms in total. The normalized spacial score (nSPS) is 17.3. The van der Waals surface area contributed by atoms with Crippen molar-refractivity contribution in [2.45, 2.75) is 32.7 Å². The van der Waals surface area contributed by atoms with Crippen LogP contribution in [0.15, 0.2) is 29.3 Å². The molecule has 1 aliphatic rings. The first-order valence-corrected chi connectivity index (χ1v) is 8.81. The highest BCUT2D eigenvalue weighted by Gasteiger charge is 2.29. The van der Waals surface area contributed by atoms with E-state index < -0.39 is 0 Å². The second kappa shape index (κ2) is 7.78. The molecule has 3 rings (SSSR count). The summed E-state index contributed by atoms with van der Waals surface area (Å²) in [5.74, 6) is -0.227. The van der Waals surface area contributed by atoms with Gasteiger partial charge in [0.15, 0.2) is 0 Å². The summed E-state index contributed by atoms with van der Waals surface area (Å²) in [6.07, 6.45) is 4.78. The van der Waals surface area contributed by atoms with Gasteiger partial charge in [-0.3, -0.25) is 19.6 Å². The van der Waals surface area contributed by atoms with Crippen LogP contribution in [-0.2, 0) is 18.2 Å². The van der Waals surface area contributed by atoms with Crippen LogP contribution in [0, 0.1) is 13.8 Å². The predicted molar refractivity (Wildman–Crippen MR) is 97.2 cm³/mol. The molecule has 2 aromatic heterocycles. The average Bonchev–Trinajstić information content (AvgIpc) is 2.65. The third-order valence-corrected chi connectivity index (χ3v) is 4.97. The summed E-state index contributed by atoms with van der Waals surface area (Å²) in [7, 11) is 1.68. The van der Waals surface area contributed by atoms with E-state index in [1.807, 2.05) is 13.8 Å². The lowest BCUT2D eigenvalue weighted by molar-refractivity contribution is -0.00426. The molecule has 1 saturated heterocycles. The van der Waals surface area contributed by atoms with E-state index in [1.54, 1.807) is 36.5 Å². The number of carbonyl (C=O) groups excluding carboxylic acids is 1. The molecule has 0 saturated carbocycles. The highest BCUT2D eigenvalue weighted by molar-refractivity contribution is 5.94. The number of aryl methyl sites for hydroxylation is 3. The summed E-state index contributed by atoms with van der Waals surface area (Å²) in [5.41, 5.74) is 2.60. The van der Waals surface area contributed by atoms with Gasteiger partial charge in [0.25, 0.3) is 11.5 Å². The molecule has 1 aliphatic heterocycles. The first-order valence-electron chi connectivity index (χ1n) is 8.81. The van der Waals surface area contributed by atoms with Crippen LogP contribution in [0.4, 0.5) is 0 Å². The van der Waals surface area contributed by atoms with Crippen molar-refractivity contribution in [3.05, 3.63) is 57.5 Å². The highest BCUT2D eigenvalue weighted by atomic mass is 16.5. The average molecular weight is 356 g/mol. The smallest absolute Gasteiger partial charge is 0.263 e. The van der Waals surface area contributed by atoms with E-state index >= 15 is 0 Å². The van der Waals surface area contributed by atoms with Crippen LogP contribution >= 0.6 is 0 Å². The number of carbonyl (C=O) groups is 1. The standard InChI is InChI=1S/C19H24N4O3/c1-13-4-6-16(18(24)22(13)3)19(25)23-10-11-26-12-15(23)5-7-17-14(2)20-8-9-21-17/h4,6,8-9,15H,5,7,10-12H2,1-3H3. The topological polar surface area (TPSA) is 77.3 Å². The van der Waals surface area contributed by atoms with Gasteiger partial charge < -0.3 is 14.2 Å². The summed E-state index contributed by atoms with van der Waals surface area (Å²) in [6, 6.07) is 3.34. The van der Waals surface area contributed by atoms with Crippen LogP contribution in [0.1, 0.15) is 33.9 Å². The summed E-state index contributed by atoms with van der Waals surface area (Å²) in [5, 5.41) is 0. The molecule has 3 heterocycles.